The van der Waals surface area contributed by atoms with E-state index in [1.807, 2.05) is 0 Å². The molecule has 0 aromatic heterocycles. The molecule has 0 spiro atoms. The van der Waals surface area contributed by atoms with E-state index in [0.717, 1.165) is 89.9 Å². The summed E-state index contributed by atoms with van der Waals surface area (Å²) in [5.74, 6) is -0.560. The van der Waals surface area contributed by atoms with Gasteiger partial charge in [0.05, 0.1) is 25.2 Å². The van der Waals surface area contributed by atoms with Gasteiger partial charge in [-0.05, 0) is 89.9 Å². The Morgan fingerprint density at radius 2 is 0.857 bits per heavy atom. The molecule has 0 saturated heterocycles. The van der Waals surface area contributed by atoms with E-state index in [0.29, 0.717) is 25.7 Å². The number of rotatable bonds is 47. The Morgan fingerprint density at radius 1 is 0.476 bits per heavy atom. The number of carbonyl (C=O) groups is 2. The lowest BCUT2D eigenvalue weighted by molar-refractivity contribution is -0.151. The number of esters is 1. The smallest absolute Gasteiger partial charge is 0.306 e. The quantitative estimate of drug-likeness (QED) is 0.0321. The minimum absolute atomic E-state index is 0.0419. The molecule has 364 valence electrons. The van der Waals surface area contributed by atoms with Gasteiger partial charge in [-0.1, -0.05) is 222 Å². The third-order valence-electron chi connectivity index (χ3n) is 11.8. The molecule has 0 aliphatic heterocycles. The van der Waals surface area contributed by atoms with Crippen LogP contribution in [-0.2, 0) is 14.3 Å². The average Bonchev–Trinajstić information content (AvgIpc) is 3.28. The molecule has 6 nitrogen and oxygen atoms in total. The predicted octanol–water partition coefficient (Wildman–Crippen LogP) is 16.2. The molecular weight excluding hydrogens is 779 g/mol. The van der Waals surface area contributed by atoms with Gasteiger partial charge < -0.3 is 20.3 Å². The van der Waals surface area contributed by atoms with E-state index in [4.69, 9.17) is 4.74 Å². The Balaban J connectivity index is 4.55. The molecular formula is C57H101NO5. The molecule has 0 rings (SSSR count). The minimum Gasteiger partial charge on any atom is -0.462 e. The topological polar surface area (TPSA) is 95.9 Å². The highest BCUT2D eigenvalue weighted by atomic mass is 16.5. The van der Waals surface area contributed by atoms with Crippen molar-refractivity contribution in [2.24, 2.45) is 0 Å². The lowest BCUT2D eigenvalue weighted by Gasteiger charge is -2.24. The highest BCUT2D eigenvalue weighted by molar-refractivity contribution is 5.77. The first-order valence-electron chi connectivity index (χ1n) is 26.7. The number of amides is 1. The molecule has 0 aliphatic rings. The van der Waals surface area contributed by atoms with Gasteiger partial charge in [0.25, 0.3) is 0 Å². The van der Waals surface area contributed by atoms with E-state index in [9.17, 15) is 19.8 Å². The van der Waals surface area contributed by atoms with Crippen LogP contribution in [0.25, 0.3) is 0 Å². The number of carbonyl (C=O) groups excluding carboxylic acids is 2. The summed E-state index contributed by atoms with van der Waals surface area (Å²) in [6.07, 6.45) is 64.0. The summed E-state index contributed by atoms with van der Waals surface area (Å²) in [4.78, 5) is 26.1. The first kappa shape index (κ1) is 60.3. The number of hydrogen-bond donors (Lipinski definition) is 3. The molecule has 3 unspecified atom stereocenters. The van der Waals surface area contributed by atoms with Crippen LogP contribution in [0.5, 0.6) is 0 Å². The Bertz CT molecular complexity index is 1170. The van der Waals surface area contributed by atoms with Crippen molar-refractivity contribution in [1.82, 2.24) is 5.32 Å². The lowest BCUT2D eigenvalue weighted by atomic mass is 10.0. The standard InChI is InChI=1S/C57H101NO5/c1-4-7-10-13-16-19-22-24-26-28-30-32-34-37-40-43-46-49-55(60)54(52-59)58-56(61)51-53(48-45-42-39-36-21-18-15-12-9-6-3)63-57(62)50-47-44-41-38-35-33-31-29-27-25-23-20-17-14-11-8-5-2/h8,11,17-18,20-21,25,27,31,33,38,41,53-55,59-60H,4-7,9-10,12-16,19,22-24,26,28-30,32,34-37,39-40,42-52H2,1-3H3,(H,58,61)/b11-8-,20-17-,21-18-,27-25-,33-31-,41-38-. The second-order valence-corrected chi connectivity index (χ2v) is 17.9. The van der Waals surface area contributed by atoms with Gasteiger partial charge in [-0.3, -0.25) is 9.59 Å². The molecule has 6 heteroatoms. The number of aliphatic hydroxyl groups is 2. The van der Waals surface area contributed by atoms with Crippen LogP contribution in [0.3, 0.4) is 0 Å². The molecule has 0 fully saturated rings. The summed E-state index contributed by atoms with van der Waals surface area (Å²) >= 11 is 0. The van der Waals surface area contributed by atoms with Crippen molar-refractivity contribution in [2.75, 3.05) is 6.61 Å². The normalized spacial score (nSPS) is 13.8. The zero-order valence-electron chi connectivity index (χ0n) is 41.4. The fourth-order valence-corrected chi connectivity index (χ4v) is 7.75. The molecule has 1 amide bonds. The van der Waals surface area contributed by atoms with Crippen molar-refractivity contribution >= 4 is 11.9 Å². The van der Waals surface area contributed by atoms with Crippen molar-refractivity contribution in [3.63, 3.8) is 0 Å². The van der Waals surface area contributed by atoms with Gasteiger partial charge in [0, 0.05) is 6.42 Å². The molecule has 0 aromatic rings. The number of aliphatic hydroxyl groups excluding tert-OH is 2. The van der Waals surface area contributed by atoms with Gasteiger partial charge in [-0.25, -0.2) is 0 Å². The van der Waals surface area contributed by atoms with Crippen molar-refractivity contribution in [3.8, 4) is 0 Å². The first-order chi connectivity index (χ1) is 31.0. The Kier molecular flexibility index (Phi) is 48.1. The predicted molar refractivity (Wildman–Crippen MR) is 273 cm³/mol. The van der Waals surface area contributed by atoms with E-state index in [1.54, 1.807) is 0 Å². The Hall–Kier alpha value is -2.70. The number of hydrogen-bond acceptors (Lipinski definition) is 5. The number of unbranched alkanes of at least 4 members (excludes halogenated alkanes) is 23. The molecule has 0 aromatic carbocycles. The fourth-order valence-electron chi connectivity index (χ4n) is 7.75. The highest BCUT2D eigenvalue weighted by Crippen LogP contribution is 2.17. The maximum absolute atomic E-state index is 13.2. The second kappa shape index (κ2) is 50.3. The van der Waals surface area contributed by atoms with Gasteiger partial charge in [-0.15, -0.1) is 0 Å². The summed E-state index contributed by atoms with van der Waals surface area (Å²) in [5, 5.41) is 23.8. The summed E-state index contributed by atoms with van der Waals surface area (Å²) in [6, 6.07) is -0.720. The average molecular weight is 880 g/mol. The van der Waals surface area contributed by atoms with E-state index < -0.39 is 18.2 Å². The third-order valence-corrected chi connectivity index (χ3v) is 11.8. The number of nitrogens with one attached hydrogen (secondary N) is 1. The number of allylic oxidation sites excluding steroid dienone is 12. The van der Waals surface area contributed by atoms with Gasteiger partial charge in [-0.2, -0.15) is 0 Å². The van der Waals surface area contributed by atoms with Crippen LogP contribution in [0.2, 0.25) is 0 Å². The Labute approximate surface area is 390 Å². The SMILES string of the molecule is CC/C=C\C/C=C\C/C=C\C/C=C\C/C=C\CCCC(=O)OC(CCCCC/C=C\CCCCC)CC(=O)NC(CO)C(O)CCCCCCCCCCCCCCCCCCC. The Morgan fingerprint density at radius 3 is 1.35 bits per heavy atom. The number of ether oxygens (including phenoxy) is 1. The van der Waals surface area contributed by atoms with Crippen molar-refractivity contribution in [1.29, 1.82) is 0 Å². The maximum atomic E-state index is 13.2. The van der Waals surface area contributed by atoms with Crippen LogP contribution in [0, 0.1) is 0 Å². The molecule has 0 aliphatic carbocycles. The van der Waals surface area contributed by atoms with E-state index in [2.05, 4.69) is 99.0 Å². The summed E-state index contributed by atoms with van der Waals surface area (Å²) in [6.45, 7) is 6.33. The zero-order valence-corrected chi connectivity index (χ0v) is 41.4. The first-order valence-corrected chi connectivity index (χ1v) is 26.7. The largest absolute Gasteiger partial charge is 0.462 e. The molecule has 0 saturated carbocycles. The van der Waals surface area contributed by atoms with Crippen LogP contribution in [0.15, 0.2) is 72.9 Å². The minimum atomic E-state index is -0.803. The lowest BCUT2D eigenvalue weighted by Crippen LogP contribution is -2.46. The maximum Gasteiger partial charge on any atom is 0.306 e. The van der Waals surface area contributed by atoms with Crippen LogP contribution in [0.1, 0.15) is 252 Å². The van der Waals surface area contributed by atoms with Crippen molar-refractivity contribution in [2.45, 2.75) is 270 Å². The van der Waals surface area contributed by atoms with E-state index in [-0.39, 0.29) is 24.9 Å². The summed E-state index contributed by atoms with van der Waals surface area (Å²) in [7, 11) is 0. The molecule has 0 heterocycles. The highest BCUT2D eigenvalue weighted by Gasteiger charge is 2.24. The molecule has 3 N–H and O–H groups in total. The van der Waals surface area contributed by atoms with Gasteiger partial charge in [0.2, 0.25) is 5.91 Å². The summed E-state index contributed by atoms with van der Waals surface area (Å²) in [5.41, 5.74) is 0. The monoisotopic (exact) mass is 880 g/mol. The molecule has 63 heavy (non-hydrogen) atoms. The van der Waals surface area contributed by atoms with Crippen LogP contribution >= 0.6 is 0 Å². The zero-order chi connectivity index (χ0) is 45.9. The van der Waals surface area contributed by atoms with E-state index in [1.165, 1.54) is 109 Å². The molecule has 3 atom stereocenters. The van der Waals surface area contributed by atoms with Crippen LogP contribution < -0.4 is 5.32 Å². The summed E-state index contributed by atoms with van der Waals surface area (Å²) < 4.78 is 5.89. The van der Waals surface area contributed by atoms with Gasteiger partial charge >= 0.3 is 5.97 Å². The fraction of sp³-hybridized carbons (Fsp3) is 0.754. The second-order valence-electron chi connectivity index (χ2n) is 17.9. The van der Waals surface area contributed by atoms with Crippen LogP contribution in [-0.4, -0.2) is 46.9 Å². The van der Waals surface area contributed by atoms with Gasteiger partial charge in [0.1, 0.15) is 6.10 Å². The third kappa shape index (κ3) is 45.7. The van der Waals surface area contributed by atoms with Crippen molar-refractivity contribution < 1.29 is 24.5 Å². The molecule has 0 bridgehead atoms. The van der Waals surface area contributed by atoms with Crippen molar-refractivity contribution in [3.05, 3.63) is 72.9 Å². The van der Waals surface area contributed by atoms with Gasteiger partial charge in [0.15, 0.2) is 0 Å². The molecule has 0 radical (unpaired) electrons. The van der Waals surface area contributed by atoms with E-state index >= 15 is 0 Å². The van der Waals surface area contributed by atoms with Crippen LogP contribution in [0.4, 0.5) is 0 Å².